The molecule has 3 rings (SSSR count). The molecule has 1 aromatic heterocycles. The minimum absolute atomic E-state index is 0.0834. The van der Waals surface area contributed by atoms with Crippen LogP contribution in [0.15, 0.2) is 48.5 Å². The number of benzene rings is 2. The van der Waals surface area contributed by atoms with Crippen molar-refractivity contribution < 1.29 is 4.92 Å². The molecular formula is C19H16N2O2. The van der Waals surface area contributed by atoms with Crippen molar-refractivity contribution in [3.05, 3.63) is 81.0 Å². The molecular weight excluding hydrogens is 288 g/mol. The first-order chi connectivity index (χ1) is 11.0. The summed E-state index contributed by atoms with van der Waals surface area (Å²) in [6.45, 7) is 4.13. The van der Waals surface area contributed by atoms with Crippen LogP contribution < -0.4 is 0 Å². The molecule has 3 aromatic rings. The highest BCUT2D eigenvalue weighted by molar-refractivity contribution is 5.89. The maximum atomic E-state index is 11.0. The normalized spacial score (nSPS) is 11.2. The van der Waals surface area contributed by atoms with Crippen molar-refractivity contribution in [3.8, 4) is 0 Å². The van der Waals surface area contributed by atoms with Crippen molar-refractivity contribution in [2.45, 2.75) is 13.8 Å². The SMILES string of the molecule is Cc1ccc(C)c(C=Cc2ccc3c([N+](=O)[O-])cccc3n2)c1. The summed E-state index contributed by atoms with van der Waals surface area (Å²) in [5, 5.41) is 11.6. The van der Waals surface area contributed by atoms with E-state index in [9.17, 15) is 10.1 Å². The minimum atomic E-state index is -0.379. The molecule has 114 valence electrons. The van der Waals surface area contributed by atoms with Crippen LogP contribution in [0, 0.1) is 24.0 Å². The average Bonchev–Trinajstić information content (AvgIpc) is 2.54. The van der Waals surface area contributed by atoms with Gasteiger partial charge in [-0.1, -0.05) is 35.9 Å². The second-order valence-electron chi connectivity index (χ2n) is 5.53. The minimum Gasteiger partial charge on any atom is -0.258 e. The summed E-state index contributed by atoms with van der Waals surface area (Å²) >= 11 is 0. The Kier molecular flexibility index (Phi) is 3.89. The average molecular weight is 304 g/mol. The summed E-state index contributed by atoms with van der Waals surface area (Å²) < 4.78 is 0. The molecule has 0 amide bonds. The predicted molar refractivity (Wildman–Crippen MR) is 93.2 cm³/mol. The Morgan fingerprint density at radius 1 is 1.04 bits per heavy atom. The van der Waals surface area contributed by atoms with Crippen LogP contribution in [0.1, 0.15) is 22.4 Å². The third-order valence-electron chi connectivity index (χ3n) is 3.80. The third kappa shape index (κ3) is 3.11. The Hall–Kier alpha value is -3.01. The number of hydrogen-bond donors (Lipinski definition) is 0. The van der Waals surface area contributed by atoms with E-state index >= 15 is 0 Å². The molecule has 4 heteroatoms. The van der Waals surface area contributed by atoms with Crippen molar-refractivity contribution in [1.29, 1.82) is 0 Å². The summed E-state index contributed by atoms with van der Waals surface area (Å²) in [5.41, 5.74) is 5.04. The fourth-order valence-electron chi connectivity index (χ4n) is 2.52. The fourth-order valence-corrected chi connectivity index (χ4v) is 2.52. The van der Waals surface area contributed by atoms with Gasteiger partial charge in [0.1, 0.15) is 0 Å². The summed E-state index contributed by atoms with van der Waals surface area (Å²) in [7, 11) is 0. The molecule has 0 saturated heterocycles. The molecule has 0 saturated carbocycles. The van der Waals surface area contributed by atoms with Crippen LogP contribution in [0.25, 0.3) is 23.1 Å². The molecule has 0 aliphatic heterocycles. The summed E-state index contributed by atoms with van der Waals surface area (Å²) in [6.07, 6.45) is 3.95. The number of fused-ring (bicyclic) bond motifs is 1. The van der Waals surface area contributed by atoms with Crippen molar-refractivity contribution in [2.75, 3.05) is 0 Å². The molecule has 0 N–H and O–H groups in total. The van der Waals surface area contributed by atoms with Crippen molar-refractivity contribution in [3.63, 3.8) is 0 Å². The smallest absolute Gasteiger partial charge is 0.258 e. The Morgan fingerprint density at radius 2 is 1.87 bits per heavy atom. The van der Waals surface area contributed by atoms with Gasteiger partial charge >= 0.3 is 0 Å². The molecule has 0 spiro atoms. The van der Waals surface area contributed by atoms with Gasteiger partial charge in [0.15, 0.2) is 0 Å². The molecule has 0 bridgehead atoms. The van der Waals surface area contributed by atoms with E-state index in [-0.39, 0.29) is 10.6 Å². The lowest BCUT2D eigenvalue weighted by atomic mass is 10.0. The number of nitrogens with zero attached hydrogens (tertiary/aromatic N) is 2. The molecule has 4 nitrogen and oxygen atoms in total. The quantitative estimate of drug-likeness (QED) is 0.509. The molecule has 0 aliphatic carbocycles. The van der Waals surface area contributed by atoms with E-state index in [0.717, 1.165) is 11.3 Å². The Balaban J connectivity index is 2.00. The zero-order chi connectivity index (χ0) is 16.4. The van der Waals surface area contributed by atoms with Crippen LogP contribution in [-0.4, -0.2) is 9.91 Å². The monoisotopic (exact) mass is 304 g/mol. The number of nitro benzene ring substituents is 1. The van der Waals surface area contributed by atoms with Crippen LogP contribution in [-0.2, 0) is 0 Å². The van der Waals surface area contributed by atoms with Gasteiger partial charge in [-0.2, -0.15) is 0 Å². The standard InChI is InChI=1S/C19H16N2O2/c1-13-6-7-14(2)15(12-13)8-9-16-10-11-17-18(20-16)4-3-5-19(17)21(22)23/h3-12H,1-2H3. The van der Waals surface area contributed by atoms with Crippen LogP contribution in [0.4, 0.5) is 5.69 Å². The molecule has 0 fully saturated rings. The lowest BCUT2D eigenvalue weighted by molar-refractivity contribution is -0.383. The second kappa shape index (κ2) is 6.01. The molecule has 0 atom stereocenters. The number of aryl methyl sites for hydroxylation is 2. The van der Waals surface area contributed by atoms with E-state index in [1.54, 1.807) is 24.3 Å². The summed E-state index contributed by atoms with van der Waals surface area (Å²) in [5.74, 6) is 0. The first kappa shape index (κ1) is 14.9. The number of non-ortho nitro benzene ring substituents is 1. The van der Waals surface area contributed by atoms with Crippen LogP contribution in [0.2, 0.25) is 0 Å². The number of pyridine rings is 1. The topological polar surface area (TPSA) is 56.0 Å². The van der Waals surface area contributed by atoms with E-state index < -0.39 is 0 Å². The lowest BCUT2D eigenvalue weighted by Crippen LogP contribution is -1.91. The highest BCUT2D eigenvalue weighted by Crippen LogP contribution is 2.24. The van der Waals surface area contributed by atoms with Gasteiger partial charge in [0.2, 0.25) is 0 Å². The summed E-state index contributed by atoms with van der Waals surface area (Å²) in [4.78, 5) is 15.2. The maximum absolute atomic E-state index is 11.0. The number of hydrogen-bond acceptors (Lipinski definition) is 3. The van der Waals surface area contributed by atoms with Gasteiger partial charge in [0, 0.05) is 6.07 Å². The molecule has 0 radical (unpaired) electrons. The van der Waals surface area contributed by atoms with E-state index in [0.29, 0.717) is 10.9 Å². The fraction of sp³-hybridized carbons (Fsp3) is 0.105. The van der Waals surface area contributed by atoms with Crippen LogP contribution in [0.5, 0.6) is 0 Å². The Morgan fingerprint density at radius 3 is 2.65 bits per heavy atom. The molecule has 0 aliphatic rings. The van der Waals surface area contributed by atoms with Crippen molar-refractivity contribution in [1.82, 2.24) is 4.98 Å². The molecule has 2 aromatic carbocycles. The zero-order valence-electron chi connectivity index (χ0n) is 13.0. The van der Waals surface area contributed by atoms with E-state index in [1.807, 2.05) is 12.2 Å². The Bertz CT molecular complexity index is 930. The molecule has 0 unspecified atom stereocenters. The van der Waals surface area contributed by atoms with Crippen LogP contribution >= 0.6 is 0 Å². The van der Waals surface area contributed by atoms with Crippen LogP contribution in [0.3, 0.4) is 0 Å². The number of nitro groups is 1. The van der Waals surface area contributed by atoms with Gasteiger partial charge in [-0.25, -0.2) is 4.98 Å². The summed E-state index contributed by atoms with van der Waals surface area (Å²) in [6, 6.07) is 14.8. The number of rotatable bonds is 3. The predicted octanol–water partition coefficient (Wildman–Crippen LogP) is 4.93. The first-order valence-electron chi connectivity index (χ1n) is 7.34. The van der Waals surface area contributed by atoms with Gasteiger partial charge in [0.05, 0.1) is 21.5 Å². The van der Waals surface area contributed by atoms with E-state index in [1.165, 1.54) is 17.2 Å². The van der Waals surface area contributed by atoms with Gasteiger partial charge in [0.25, 0.3) is 5.69 Å². The largest absolute Gasteiger partial charge is 0.278 e. The van der Waals surface area contributed by atoms with Crippen molar-refractivity contribution in [2.24, 2.45) is 0 Å². The van der Waals surface area contributed by atoms with Gasteiger partial charge in [-0.05, 0) is 49.2 Å². The van der Waals surface area contributed by atoms with Crippen molar-refractivity contribution >= 4 is 28.7 Å². The highest BCUT2D eigenvalue weighted by Gasteiger charge is 2.11. The van der Waals surface area contributed by atoms with E-state index in [4.69, 9.17) is 0 Å². The lowest BCUT2D eigenvalue weighted by Gasteiger charge is -2.03. The second-order valence-corrected chi connectivity index (χ2v) is 5.53. The first-order valence-corrected chi connectivity index (χ1v) is 7.34. The number of aromatic nitrogens is 1. The van der Waals surface area contributed by atoms with Gasteiger partial charge in [-0.15, -0.1) is 0 Å². The van der Waals surface area contributed by atoms with Gasteiger partial charge in [-0.3, -0.25) is 10.1 Å². The molecule has 23 heavy (non-hydrogen) atoms. The van der Waals surface area contributed by atoms with E-state index in [2.05, 4.69) is 37.0 Å². The highest BCUT2D eigenvalue weighted by atomic mass is 16.6. The Labute approximate surface area is 134 Å². The zero-order valence-corrected chi connectivity index (χ0v) is 13.0. The third-order valence-corrected chi connectivity index (χ3v) is 3.80. The maximum Gasteiger partial charge on any atom is 0.278 e. The molecule has 1 heterocycles. The van der Waals surface area contributed by atoms with Gasteiger partial charge < -0.3 is 0 Å².